The van der Waals surface area contributed by atoms with Crippen molar-refractivity contribution in [2.75, 3.05) is 52.9 Å². The minimum Gasteiger partial charge on any atom is -0.478 e. The molecule has 20 heteroatoms. The summed E-state index contributed by atoms with van der Waals surface area (Å²) in [6, 6.07) is 0. The Hall–Kier alpha value is -5.06. The second-order valence-electron chi connectivity index (χ2n) is 10.8. The summed E-state index contributed by atoms with van der Waals surface area (Å²) in [5.74, 6) is -5.61. The van der Waals surface area contributed by atoms with Gasteiger partial charge in [-0.2, -0.15) is 0 Å². The summed E-state index contributed by atoms with van der Waals surface area (Å²) in [5, 5.41) is 115. The molecule has 0 aliphatic rings. The molecular formula is C34H60O20. The molecule has 0 aromatic carbocycles. The molecule has 0 aromatic rings. The molecule has 54 heavy (non-hydrogen) atoms. The van der Waals surface area contributed by atoms with E-state index < -0.39 is 99.5 Å². The lowest BCUT2D eigenvalue weighted by molar-refractivity contribution is -0.133. The Kier molecular flexibility index (Phi) is 50.6. The van der Waals surface area contributed by atoms with E-state index in [1.807, 2.05) is 0 Å². The van der Waals surface area contributed by atoms with Crippen LogP contribution in [-0.4, -0.2) is 160 Å². The van der Waals surface area contributed by atoms with Gasteiger partial charge in [0.1, 0.15) is 0 Å². The summed E-state index contributed by atoms with van der Waals surface area (Å²) < 4.78 is 0. The maximum atomic E-state index is 9.60. The number of rotatable bonds is 14. The number of carboxylic acids is 6. The zero-order valence-corrected chi connectivity index (χ0v) is 31.6. The summed E-state index contributed by atoms with van der Waals surface area (Å²) >= 11 is 0. The van der Waals surface area contributed by atoms with E-state index in [0.717, 1.165) is 0 Å². The molecule has 0 aliphatic heterocycles. The third-order valence-corrected chi connectivity index (χ3v) is 4.87. The molecule has 20 nitrogen and oxygen atoms in total. The molecule has 0 rings (SSSR count). The lowest BCUT2D eigenvalue weighted by Gasteiger charge is -2.23. The van der Waals surface area contributed by atoms with Crippen molar-refractivity contribution < 1.29 is 100 Å². The summed E-state index contributed by atoms with van der Waals surface area (Å²) in [6.45, 7) is 24.4. The number of hydrogen-bond donors (Lipinski definition) is 14. The molecule has 14 N–H and O–H groups in total. The van der Waals surface area contributed by atoms with Crippen LogP contribution in [0.15, 0.2) is 72.9 Å². The zero-order valence-electron chi connectivity index (χ0n) is 31.6. The van der Waals surface area contributed by atoms with Crippen LogP contribution < -0.4 is 0 Å². The topological polar surface area (TPSA) is 386 Å². The summed E-state index contributed by atoms with van der Waals surface area (Å²) in [6.07, 6.45) is 0. The fraction of sp³-hybridized carbons (Fsp3) is 0.471. The van der Waals surface area contributed by atoms with Gasteiger partial charge in [0.15, 0.2) is 0 Å². The van der Waals surface area contributed by atoms with Crippen LogP contribution in [0, 0.1) is 10.8 Å². The number of carboxylic acid groups (broad SMARTS) is 6. The summed E-state index contributed by atoms with van der Waals surface area (Å²) in [5.41, 5.74) is -1.17. The van der Waals surface area contributed by atoms with Crippen LogP contribution in [0.4, 0.5) is 0 Å². The Morgan fingerprint density at radius 1 is 0.296 bits per heavy atom. The predicted molar refractivity (Wildman–Crippen MR) is 196 cm³/mol. The molecule has 0 amide bonds. The zero-order chi connectivity index (χ0) is 45.6. The number of aliphatic carboxylic acids is 6. The highest BCUT2D eigenvalue weighted by atomic mass is 16.4. The van der Waals surface area contributed by atoms with E-state index in [4.69, 9.17) is 71.5 Å². The van der Waals surface area contributed by atoms with Crippen molar-refractivity contribution in [1.82, 2.24) is 0 Å². The molecule has 0 fully saturated rings. The van der Waals surface area contributed by atoms with Crippen molar-refractivity contribution >= 4 is 35.8 Å². The first-order valence-corrected chi connectivity index (χ1v) is 14.5. The van der Waals surface area contributed by atoms with Crippen LogP contribution in [0.1, 0.15) is 41.5 Å². The molecule has 316 valence electrons. The fourth-order valence-electron chi connectivity index (χ4n) is 0.600. The molecule has 0 atom stereocenters. The van der Waals surface area contributed by atoms with Crippen LogP contribution in [-0.2, 0) is 28.8 Å². The standard InChI is InChI=1S/2C5H12O4.6C4H6O2/c2*6-1-5(2-7,3-8)4-9;6*1-3(2)4(5)6/h2*6-9H,1-4H2;6*1H2,2H3,(H,5,6). The number of hydrogen-bond acceptors (Lipinski definition) is 14. The second-order valence-corrected chi connectivity index (χ2v) is 10.8. The Morgan fingerprint density at radius 3 is 0.352 bits per heavy atom. The predicted octanol–water partition coefficient (Wildman–Crippen LogP) is -0.233. The van der Waals surface area contributed by atoms with Gasteiger partial charge < -0.3 is 71.5 Å². The van der Waals surface area contributed by atoms with E-state index >= 15 is 0 Å². The third kappa shape index (κ3) is 53.7. The number of aliphatic hydroxyl groups excluding tert-OH is 8. The Balaban J connectivity index is -0.0000000752. The lowest BCUT2D eigenvalue weighted by atomic mass is 9.93. The van der Waals surface area contributed by atoms with E-state index in [9.17, 15) is 28.8 Å². The lowest BCUT2D eigenvalue weighted by Crippen LogP contribution is -2.37. The van der Waals surface area contributed by atoms with Gasteiger partial charge in [0.25, 0.3) is 0 Å². The molecule has 0 heterocycles. The van der Waals surface area contributed by atoms with Gasteiger partial charge in [-0.25, -0.2) is 28.8 Å². The normalized spacial score (nSPS) is 9.00. The quantitative estimate of drug-likeness (QED) is 0.101. The highest BCUT2D eigenvalue weighted by molar-refractivity contribution is 5.86. The van der Waals surface area contributed by atoms with E-state index in [1.54, 1.807) is 0 Å². The number of carbonyl (C=O) groups is 6. The summed E-state index contributed by atoms with van der Waals surface area (Å²) in [4.78, 5) is 57.6. The van der Waals surface area contributed by atoms with Gasteiger partial charge in [-0.15, -0.1) is 0 Å². The second kappa shape index (κ2) is 40.7. The molecule has 0 unspecified atom stereocenters. The van der Waals surface area contributed by atoms with Crippen LogP contribution in [0.25, 0.3) is 0 Å². The molecule has 0 spiro atoms. The van der Waals surface area contributed by atoms with Crippen molar-refractivity contribution in [3.8, 4) is 0 Å². The SMILES string of the molecule is C=C(C)C(=O)O.C=C(C)C(=O)O.C=C(C)C(=O)O.C=C(C)C(=O)O.C=C(C)C(=O)O.C=C(C)C(=O)O.OCC(CO)(CO)CO.OCC(CO)(CO)CO. The minimum atomic E-state index is -1.11. The van der Waals surface area contributed by atoms with E-state index in [-0.39, 0.29) is 33.4 Å². The smallest absolute Gasteiger partial charge is 0.330 e. The van der Waals surface area contributed by atoms with Crippen molar-refractivity contribution in [3.63, 3.8) is 0 Å². The monoisotopic (exact) mass is 788 g/mol. The highest BCUT2D eigenvalue weighted by Gasteiger charge is 2.27. The minimum absolute atomic E-state index is 0.176. The average molecular weight is 789 g/mol. The largest absolute Gasteiger partial charge is 0.478 e. The third-order valence-electron chi connectivity index (χ3n) is 4.87. The van der Waals surface area contributed by atoms with Crippen LogP contribution in [0.2, 0.25) is 0 Å². The average Bonchev–Trinajstić information content (AvgIpc) is 3.09. The van der Waals surface area contributed by atoms with Gasteiger partial charge in [0.05, 0.1) is 63.7 Å². The molecule has 0 saturated carbocycles. The van der Waals surface area contributed by atoms with Crippen molar-refractivity contribution in [3.05, 3.63) is 72.9 Å². The molecule has 0 bridgehead atoms. The van der Waals surface area contributed by atoms with E-state index in [2.05, 4.69) is 39.5 Å². The van der Waals surface area contributed by atoms with Crippen molar-refractivity contribution in [2.24, 2.45) is 10.8 Å². The van der Waals surface area contributed by atoms with Gasteiger partial charge in [-0.3, -0.25) is 0 Å². The maximum Gasteiger partial charge on any atom is 0.330 e. The number of aliphatic hydroxyl groups is 8. The van der Waals surface area contributed by atoms with Gasteiger partial charge in [0.2, 0.25) is 0 Å². The van der Waals surface area contributed by atoms with Crippen LogP contribution in [0.3, 0.4) is 0 Å². The summed E-state index contributed by atoms with van der Waals surface area (Å²) in [7, 11) is 0. The van der Waals surface area contributed by atoms with Gasteiger partial charge in [-0.1, -0.05) is 39.5 Å². The van der Waals surface area contributed by atoms with Crippen LogP contribution in [0.5, 0.6) is 0 Å². The maximum absolute atomic E-state index is 9.60. The fourth-order valence-corrected chi connectivity index (χ4v) is 0.600. The van der Waals surface area contributed by atoms with E-state index in [1.165, 1.54) is 41.5 Å². The molecule has 0 aromatic heterocycles. The first-order chi connectivity index (χ1) is 24.3. The van der Waals surface area contributed by atoms with Crippen molar-refractivity contribution in [2.45, 2.75) is 41.5 Å². The Bertz CT molecular complexity index is 879. The van der Waals surface area contributed by atoms with Crippen LogP contribution >= 0.6 is 0 Å². The Labute approximate surface area is 314 Å². The molecule has 0 aliphatic carbocycles. The molecule has 0 saturated heterocycles. The van der Waals surface area contributed by atoms with E-state index in [0.29, 0.717) is 0 Å². The molecule has 0 radical (unpaired) electrons. The van der Waals surface area contributed by atoms with Gasteiger partial charge in [-0.05, 0) is 41.5 Å². The highest BCUT2D eigenvalue weighted by Crippen LogP contribution is 2.12. The van der Waals surface area contributed by atoms with Gasteiger partial charge in [0, 0.05) is 33.4 Å². The first kappa shape index (κ1) is 67.1. The molecular weight excluding hydrogens is 728 g/mol. The van der Waals surface area contributed by atoms with Crippen molar-refractivity contribution in [1.29, 1.82) is 0 Å². The first-order valence-electron chi connectivity index (χ1n) is 14.5. The van der Waals surface area contributed by atoms with Gasteiger partial charge >= 0.3 is 35.8 Å². The Morgan fingerprint density at radius 2 is 0.352 bits per heavy atom.